The lowest BCUT2D eigenvalue weighted by atomic mass is 9.66. The van der Waals surface area contributed by atoms with Crippen molar-refractivity contribution >= 4 is 5.91 Å². The minimum atomic E-state index is -0.770. The van der Waals surface area contributed by atoms with Crippen LogP contribution in [0.5, 0.6) is 0 Å². The predicted molar refractivity (Wildman–Crippen MR) is 110 cm³/mol. The van der Waals surface area contributed by atoms with Crippen molar-refractivity contribution < 1.29 is 4.79 Å². The molecule has 3 heteroatoms. The van der Waals surface area contributed by atoms with Crippen molar-refractivity contribution in [1.82, 2.24) is 4.90 Å². The van der Waals surface area contributed by atoms with Gasteiger partial charge in [-0.05, 0) is 29.7 Å². The summed E-state index contributed by atoms with van der Waals surface area (Å²) in [6.45, 7) is 1.24. The standard InChI is InChI=1S/C25H22N2O/c26-19-25(21-12-6-2-7-13-21,22-14-8-3-9-15-22)23-16-17-27(18-23)24(28)20-10-4-1-5-11-20/h1-15,23H,16-18H2. The van der Waals surface area contributed by atoms with E-state index in [2.05, 4.69) is 6.07 Å². The van der Waals surface area contributed by atoms with Gasteiger partial charge in [0.2, 0.25) is 0 Å². The third-order valence-corrected chi connectivity index (χ3v) is 5.74. The highest BCUT2D eigenvalue weighted by atomic mass is 16.2. The molecule has 1 amide bonds. The van der Waals surface area contributed by atoms with Crippen LogP contribution in [0.2, 0.25) is 0 Å². The number of nitriles is 1. The number of benzene rings is 3. The summed E-state index contributed by atoms with van der Waals surface area (Å²) in [6.07, 6.45) is 0.802. The van der Waals surface area contributed by atoms with Gasteiger partial charge >= 0.3 is 0 Å². The summed E-state index contributed by atoms with van der Waals surface area (Å²) < 4.78 is 0. The van der Waals surface area contributed by atoms with E-state index in [1.165, 1.54) is 0 Å². The lowest BCUT2D eigenvalue weighted by molar-refractivity contribution is 0.0784. The van der Waals surface area contributed by atoms with Gasteiger partial charge in [-0.15, -0.1) is 0 Å². The fourth-order valence-electron chi connectivity index (χ4n) is 4.32. The van der Waals surface area contributed by atoms with Gasteiger partial charge in [0, 0.05) is 24.6 Å². The molecule has 1 unspecified atom stereocenters. The summed E-state index contributed by atoms with van der Waals surface area (Å²) in [5, 5.41) is 10.4. The van der Waals surface area contributed by atoms with Crippen molar-refractivity contribution in [3.63, 3.8) is 0 Å². The molecule has 0 N–H and O–H groups in total. The average Bonchev–Trinajstić information content (AvgIpc) is 3.27. The zero-order valence-electron chi connectivity index (χ0n) is 15.7. The highest BCUT2D eigenvalue weighted by molar-refractivity contribution is 5.94. The van der Waals surface area contributed by atoms with E-state index in [9.17, 15) is 10.1 Å². The second kappa shape index (κ2) is 7.70. The third kappa shape index (κ3) is 3.08. The van der Waals surface area contributed by atoms with E-state index in [-0.39, 0.29) is 11.8 Å². The summed E-state index contributed by atoms with van der Waals surface area (Å²) >= 11 is 0. The number of rotatable bonds is 4. The first-order valence-electron chi connectivity index (χ1n) is 9.62. The highest BCUT2D eigenvalue weighted by Gasteiger charge is 2.46. The number of likely N-dealkylation sites (tertiary alicyclic amines) is 1. The summed E-state index contributed by atoms with van der Waals surface area (Å²) in [7, 11) is 0. The molecule has 1 atom stereocenters. The summed E-state index contributed by atoms with van der Waals surface area (Å²) in [5.74, 6) is 0.0750. The largest absolute Gasteiger partial charge is 0.338 e. The third-order valence-electron chi connectivity index (χ3n) is 5.74. The van der Waals surface area contributed by atoms with Gasteiger partial charge in [0.1, 0.15) is 5.41 Å². The van der Waals surface area contributed by atoms with Gasteiger partial charge in [-0.1, -0.05) is 78.9 Å². The number of carbonyl (C=O) groups excluding carboxylic acids is 1. The van der Waals surface area contributed by atoms with Crippen LogP contribution >= 0.6 is 0 Å². The lowest BCUT2D eigenvalue weighted by Crippen LogP contribution is -2.38. The van der Waals surface area contributed by atoms with E-state index in [4.69, 9.17) is 0 Å². The Bertz CT molecular complexity index is 938. The van der Waals surface area contributed by atoms with Crippen LogP contribution in [0, 0.1) is 17.2 Å². The maximum atomic E-state index is 12.9. The minimum absolute atomic E-state index is 0.0370. The molecule has 3 aromatic rings. The SMILES string of the molecule is N#CC(c1ccccc1)(c1ccccc1)C1CCN(C(=O)c2ccccc2)C1. The zero-order chi connectivity index (χ0) is 19.4. The van der Waals surface area contributed by atoms with Crippen molar-refractivity contribution in [2.45, 2.75) is 11.8 Å². The fourth-order valence-corrected chi connectivity index (χ4v) is 4.32. The van der Waals surface area contributed by atoms with Crippen LogP contribution in [0.4, 0.5) is 0 Å². The quantitative estimate of drug-likeness (QED) is 0.674. The predicted octanol–water partition coefficient (Wildman–Crippen LogP) is 4.66. The summed E-state index contributed by atoms with van der Waals surface area (Å²) in [5.41, 5.74) is 1.91. The number of hydrogen-bond donors (Lipinski definition) is 0. The Morgan fingerprint density at radius 3 is 1.86 bits per heavy atom. The van der Waals surface area contributed by atoms with Crippen molar-refractivity contribution in [3.05, 3.63) is 108 Å². The van der Waals surface area contributed by atoms with Crippen molar-refractivity contribution in [2.24, 2.45) is 5.92 Å². The Kier molecular flexibility index (Phi) is 4.95. The Hall–Kier alpha value is -3.38. The van der Waals surface area contributed by atoms with E-state index in [0.717, 1.165) is 17.5 Å². The molecule has 0 spiro atoms. The van der Waals surface area contributed by atoms with Gasteiger partial charge in [0.25, 0.3) is 5.91 Å². The number of amides is 1. The van der Waals surface area contributed by atoms with Gasteiger partial charge in [-0.2, -0.15) is 5.26 Å². The highest BCUT2D eigenvalue weighted by Crippen LogP contribution is 2.43. The lowest BCUT2D eigenvalue weighted by Gasteiger charge is -2.34. The second-order valence-electron chi connectivity index (χ2n) is 7.25. The number of hydrogen-bond acceptors (Lipinski definition) is 2. The molecule has 1 aliphatic rings. The molecule has 0 radical (unpaired) electrons. The topological polar surface area (TPSA) is 44.1 Å². The van der Waals surface area contributed by atoms with Crippen molar-refractivity contribution in [3.8, 4) is 6.07 Å². The number of carbonyl (C=O) groups is 1. The van der Waals surface area contributed by atoms with E-state index in [0.29, 0.717) is 18.7 Å². The van der Waals surface area contributed by atoms with Crippen LogP contribution in [0.15, 0.2) is 91.0 Å². The molecule has 0 saturated carbocycles. The molecule has 3 nitrogen and oxygen atoms in total. The molecule has 0 aliphatic carbocycles. The van der Waals surface area contributed by atoms with Crippen LogP contribution < -0.4 is 0 Å². The Morgan fingerprint density at radius 2 is 1.36 bits per heavy atom. The van der Waals surface area contributed by atoms with E-state index < -0.39 is 5.41 Å². The van der Waals surface area contributed by atoms with Gasteiger partial charge in [0.05, 0.1) is 6.07 Å². The van der Waals surface area contributed by atoms with Gasteiger partial charge < -0.3 is 4.90 Å². The van der Waals surface area contributed by atoms with Crippen molar-refractivity contribution in [1.29, 1.82) is 5.26 Å². The molecule has 1 saturated heterocycles. The molecule has 3 aromatic carbocycles. The summed E-state index contributed by atoms with van der Waals surface area (Å²) in [4.78, 5) is 14.8. The van der Waals surface area contributed by atoms with Gasteiger partial charge in [0.15, 0.2) is 0 Å². The molecule has 28 heavy (non-hydrogen) atoms. The molecule has 138 valence electrons. The first-order valence-corrected chi connectivity index (χ1v) is 9.62. The molecule has 0 aromatic heterocycles. The van der Waals surface area contributed by atoms with Gasteiger partial charge in [-0.25, -0.2) is 0 Å². The molecule has 1 aliphatic heterocycles. The smallest absolute Gasteiger partial charge is 0.253 e. The Morgan fingerprint density at radius 1 is 0.857 bits per heavy atom. The van der Waals surface area contributed by atoms with Gasteiger partial charge in [-0.3, -0.25) is 4.79 Å². The first-order chi connectivity index (χ1) is 13.8. The molecular formula is C25H22N2O. The van der Waals surface area contributed by atoms with E-state index in [1.807, 2.05) is 95.9 Å². The van der Waals surface area contributed by atoms with Crippen LogP contribution in [0.25, 0.3) is 0 Å². The molecule has 4 rings (SSSR count). The van der Waals surface area contributed by atoms with Crippen LogP contribution in [-0.2, 0) is 5.41 Å². The maximum absolute atomic E-state index is 12.9. The Balaban J connectivity index is 1.71. The summed E-state index contributed by atoms with van der Waals surface area (Å²) in [6, 6.07) is 32.0. The molecular weight excluding hydrogens is 344 g/mol. The molecule has 1 heterocycles. The van der Waals surface area contributed by atoms with Crippen LogP contribution in [0.3, 0.4) is 0 Å². The maximum Gasteiger partial charge on any atom is 0.253 e. The molecule has 0 bridgehead atoms. The van der Waals surface area contributed by atoms with E-state index >= 15 is 0 Å². The zero-order valence-corrected chi connectivity index (χ0v) is 15.7. The second-order valence-corrected chi connectivity index (χ2v) is 7.25. The normalized spacial score (nSPS) is 16.5. The van der Waals surface area contributed by atoms with E-state index in [1.54, 1.807) is 0 Å². The average molecular weight is 366 g/mol. The monoisotopic (exact) mass is 366 g/mol. The van der Waals surface area contributed by atoms with Crippen LogP contribution in [-0.4, -0.2) is 23.9 Å². The molecule has 1 fully saturated rings. The minimum Gasteiger partial charge on any atom is -0.338 e. The first kappa shape index (κ1) is 18.0. The van der Waals surface area contributed by atoms with Crippen LogP contribution in [0.1, 0.15) is 27.9 Å². The number of nitrogens with zero attached hydrogens (tertiary/aromatic N) is 2. The van der Waals surface area contributed by atoms with Crippen molar-refractivity contribution in [2.75, 3.05) is 13.1 Å². The Labute approximate surface area is 165 Å². The fraction of sp³-hybridized carbons (Fsp3) is 0.200.